The first-order valence-electron chi connectivity index (χ1n) is 5.05. The van der Waals surface area contributed by atoms with E-state index in [-0.39, 0.29) is 12.4 Å². The Hall–Kier alpha value is -0.970. The highest BCUT2D eigenvalue weighted by molar-refractivity contribution is 5.16. The third-order valence-corrected chi connectivity index (χ3v) is 2.16. The summed E-state index contributed by atoms with van der Waals surface area (Å²) in [7, 11) is 0. The second-order valence-corrected chi connectivity index (χ2v) is 3.47. The number of hydrogen-bond acceptors (Lipinski definition) is 3. The molecule has 0 saturated carbocycles. The SMILES string of the molecule is NCC(O)CNCCc1ccc(F)cc1. The van der Waals surface area contributed by atoms with Gasteiger partial charge in [0.2, 0.25) is 0 Å². The molecule has 4 heteroatoms. The third kappa shape index (κ3) is 4.88. The minimum absolute atomic E-state index is 0.217. The lowest BCUT2D eigenvalue weighted by molar-refractivity contribution is 0.180. The Labute approximate surface area is 89.1 Å². The van der Waals surface area contributed by atoms with Crippen LogP contribution in [0.2, 0.25) is 0 Å². The molecule has 0 aromatic heterocycles. The Morgan fingerprint density at radius 3 is 2.60 bits per heavy atom. The first kappa shape index (κ1) is 12.1. The van der Waals surface area contributed by atoms with Crippen molar-refractivity contribution in [1.82, 2.24) is 5.32 Å². The van der Waals surface area contributed by atoms with Crippen LogP contribution in [0.1, 0.15) is 5.56 Å². The summed E-state index contributed by atoms with van der Waals surface area (Å²) in [6.07, 6.45) is 0.329. The summed E-state index contributed by atoms with van der Waals surface area (Å²) < 4.78 is 12.6. The molecule has 0 aliphatic heterocycles. The van der Waals surface area contributed by atoms with Gasteiger partial charge in [0.25, 0.3) is 0 Å². The summed E-state index contributed by atoms with van der Waals surface area (Å²) in [5.41, 5.74) is 6.33. The van der Waals surface area contributed by atoms with E-state index in [0.717, 1.165) is 18.5 Å². The van der Waals surface area contributed by atoms with Crippen LogP contribution in [0.3, 0.4) is 0 Å². The fraction of sp³-hybridized carbons (Fsp3) is 0.455. The van der Waals surface area contributed by atoms with E-state index in [1.807, 2.05) is 0 Å². The Balaban J connectivity index is 2.17. The molecule has 0 saturated heterocycles. The van der Waals surface area contributed by atoms with Crippen LogP contribution in [0.25, 0.3) is 0 Å². The third-order valence-electron chi connectivity index (χ3n) is 2.16. The summed E-state index contributed by atoms with van der Waals surface area (Å²) in [5.74, 6) is -0.217. The summed E-state index contributed by atoms with van der Waals surface area (Å²) >= 11 is 0. The summed E-state index contributed by atoms with van der Waals surface area (Å²) in [6, 6.07) is 6.42. The van der Waals surface area contributed by atoms with Gasteiger partial charge in [0, 0.05) is 13.1 Å². The molecule has 1 rings (SSSR count). The van der Waals surface area contributed by atoms with Crippen LogP contribution in [0.5, 0.6) is 0 Å². The molecule has 0 aliphatic rings. The molecule has 3 nitrogen and oxygen atoms in total. The van der Waals surface area contributed by atoms with Gasteiger partial charge in [-0.15, -0.1) is 0 Å². The highest BCUT2D eigenvalue weighted by Gasteiger charge is 1.99. The zero-order valence-corrected chi connectivity index (χ0v) is 8.62. The molecule has 4 N–H and O–H groups in total. The van der Waals surface area contributed by atoms with Crippen molar-refractivity contribution in [2.45, 2.75) is 12.5 Å². The lowest BCUT2D eigenvalue weighted by atomic mass is 10.1. The average Bonchev–Trinajstić information content (AvgIpc) is 2.26. The number of hydrogen-bond donors (Lipinski definition) is 3. The minimum atomic E-state index is -0.488. The molecular formula is C11H17FN2O. The Bertz CT molecular complexity index is 276. The van der Waals surface area contributed by atoms with Crippen molar-refractivity contribution in [2.24, 2.45) is 5.73 Å². The molecule has 0 spiro atoms. The smallest absolute Gasteiger partial charge is 0.123 e. The van der Waals surface area contributed by atoms with Crippen molar-refractivity contribution in [3.8, 4) is 0 Å². The summed E-state index contributed by atoms with van der Waals surface area (Å²) in [6.45, 7) is 1.52. The maximum Gasteiger partial charge on any atom is 0.123 e. The Morgan fingerprint density at radius 2 is 2.00 bits per heavy atom. The fourth-order valence-electron chi connectivity index (χ4n) is 1.24. The summed E-state index contributed by atoms with van der Waals surface area (Å²) in [5, 5.41) is 12.2. The van der Waals surface area contributed by atoms with Crippen LogP contribution in [-0.4, -0.2) is 30.8 Å². The molecule has 1 atom stereocenters. The topological polar surface area (TPSA) is 58.3 Å². The second kappa shape index (κ2) is 6.50. The van der Waals surface area contributed by atoms with Gasteiger partial charge < -0.3 is 16.2 Å². The van der Waals surface area contributed by atoms with E-state index in [4.69, 9.17) is 10.8 Å². The van der Waals surface area contributed by atoms with Crippen molar-refractivity contribution < 1.29 is 9.50 Å². The van der Waals surface area contributed by atoms with Crippen molar-refractivity contribution in [3.63, 3.8) is 0 Å². The maximum absolute atomic E-state index is 12.6. The number of nitrogens with two attached hydrogens (primary N) is 1. The lowest BCUT2D eigenvalue weighted by Crippen LogP contribution is -2.33. The molecule has 0 amide bonds. The highest BCUT2D eigenvalue weighted by Crippen LogP contribution is 2.02. The van der Waals surface area contributed by atoms with Crippen LogP contribution in [0.4, 0.5) is 4.39 Å². The van der Waals surface area contributed by atoms with Crippen molar-refractivity contribution in [1.29, 1.82) is 0 Å². The molecule has 1 unspecified atom stereocenters. The zero-order valence-electron chi connectivity index (χ0n) is 8.62. The van der Waals surface area contributed by atoms with Gasteiger partial charge in [0.1, 0.15) is 5.82 Å². The Morgan fingerprint density at radius 1 is 1.33 bits per heavy atom. The van der Waals surface area contributed by atoms with Gasteiger partial charge in [0.05, 0.1) is 6.10 Å². The maximum atomic E-state index is 12.6. The molecular weight excluding hydrogens is 195 g/mol. The van der Waals surface area contributed by atoms with Crippen LogP contribution in [0, 0.1) is 5.82 Å². The van der Waals surface area contributed by atoms with Crippen LogP contribution < -0.4 is 11.1 Å². The fourth-order valence-corrected chi connectivity index (χ4v) is 1.24. The molecule has 1 aromatic rings. The van der Waals surface area contributed by atoms with E-state index in [0.29, 0.717) is 6.54 Å². The molecule has 0 heterocycles. The molecule has 0 bridgehead atoms. The largest absolute Gasteiger partial charge is 0.390 e. The van der Waals surface area contributed by atoms with Gasteiger partial charge >= 0.3 is 0 Å². The molecule has 0 radical (unpaired) electrons. The van der Waals surface area contributed by atoms with E-state index in [2.05, 4.69) is 5.32 Å². The second-order valence-electron chi connectivity index (χ2n) is 3.47. The molecule has 84 valence electrons. The standard InChI is InChI=1S/C11H17FN2O/c12-10-3-1-9(2-4-10)5-6-14-8-11(15)7-13/h1-4,11,14-15H,5-8,13H2. The van der Waals surface area contributed by atoms with Gasteiger partial charge in [0.15, 0.2) is 0 Å². The number of aliphatic hydroxyl groups excluding tert-OH is 1. The first-order chi connectivity index (χ1) is 7.22. The molecule has 1 aromatic carbocycles. The number of nitrogens with one attached hydrogen (secondary N) is 1. The van der Waals surface area contributed by atoms with E-state index in [1.165, 1.54) is 12.1 Å². The van der Waals surface area contributed by atoms with Gasteiger partial charge in [-0.2, -0.15) is 0 Å². The normalized spacial score (nSPS) is 12.7. The number of halogens is 1. The molecule has 15 heavy (non-hydrogen) atoms. The van der Waals surface area contributed by atoms with E-state index in [9.17, 15) is 4.39 Å². The predicted octanol–water partition coefficient (Wildman–Crippen LogP) is 0.277. The highest BCUT2D eigenvalue weighted by atomic mass is 19.1. The van der Waals surface area contributed by atoms with Crippen LogP contribution in [-0.2, 0) is 6.42 Å². The molecule has 0 aliphatic carbocycles. The van der Waals surface area contributed by atoms with Crippen LogP contribution >= 0.6 is 0 Å². The lowest BCUT2D eigenvalue weighted by Gasteiger charge is -2.08. The van der Waals surface area contributed by atoms with Crippen LogP contribution in [0.15, 0.2) is 24.3 Å². The van der Waals surface area contributed by atoms with Crippen molar-refractivity contribution >= 4 is 0 Å². The first-order valence-corrected chi connectivity index (χ1v) is 5.05. The van der Waals surface area contributed by atoms with Gasteiger partial charge in [-0.1, -0.05) is 12.1 Å². The quantitative estimate of drug-likeness (QED) is 0.593. The predicted molar refractivity (Wildman–Crippen MR) is 58.0 cm³/mol. The number of aliphatic hydroxyl groups is 1. The van der Waals surface area contributed by atoms with Crippen molar-refractivity contribution in [3.05, 3.63) is 35.6 Å². The minimum Gasteiger partial charge on any atom is -0.390 e. The monoisotopic (exact) mass is 212 g/mol. The number of benzene rings is 1. The van der Waals surface area contributed by atoms with E-state index < -0.39 is 6.10 Å². The van der Waals surface area contributed by atoms with Gasteiger partial charge in [-0.25, -0.2) is 4.39 Å². The van der Waals surface area contributed by atoms with E-state index >= 15 is 0 Å². The summed E-state index contributed by atoms with van der Waals surface area (Å²) in [4.78, 5) is 0. The Kier molecular flexibility index (Phi) is 5.25. The number of rotatable bonds is 6. The average molecular weight is 212 g/mol. The van der Waals surface area contributed by atoms with Crippen molar-refractivity contribution in [2.75, 3.05) is 19.6 Å². The van der Waals surface area contributed by atoms with Gasteiger partial charge in [-0.3, -0.25) is 0 Å². The molecule has 0 fully saturated rings. The van der Waals surface area contributed by atoms with Gasteiger partial charge in [-0.05, 0) is 30.7 Å². The van der Waals surface area contributed by atoms with E-state index in [1.54, 1.807) is 12.1 Å². The zero-order chi connectivity index (χ0) is 11.1.